The van der Waals surface area contributed by atoms with Crippen LogP contribution in [0.1, 0.15) is 19.8 Å². The van der Waals surface area contributed by atoms with Crippen LogP contribution in [0, 0.1) is 0 Å². The first-order chi connectivity index (χ1) is 4.70. The van der Waals surface area contributed by atoms with Gasteiger partial charge in [0.25, 0.3) is 0 Å². The molecule has 1 amide bonds. The number of amides is 1. The van der Waals surface area contributed by atoms with Crippen LogP contribution in [0.5, 0.6) is 0 Å². The number of carbonyl (C=O) groups excluding carboxylic acids is 1. The highest BCUT2D eigenvalue weighted by atomic mass is 16.1. The first-order valence-electron chi connectivity index (χ1n) is 3.26. The Morgan fingerprint density at radius 1 is 1.60 bits per heavy atom. The number of allylic oxidation sites excluding steroid dienone is 3. The third kappa shape index (κ3) is 3.89. The van der Waals surface area contributed by atoms with Crippen LogP contribution in [0.15, 0.2) is 24.3 Å². The summed E-state index contributed by atoms with van der Waals surface area (Å²) >= 11 is 0. The van der Waals surface area contributed by atoms with Crippen molar-refractivity contribution in [2.45, 2.75) is 19.8 Å². The molecule has 0 saturated carbocycles. The topological polar surface area (TPSA) is 43.1 Å². The van der Waals surface area contributed by atoms with Crippen molar-refractivity contribution < 1.29 is 4.79 Å². The fraction of sp³-hybridized carbons (Fsp3) is 0.375. The quantitative estimate of drug-likeness (QED) is 0.587. The van der Waals surface area contributed by atoms with Gasteiger partial charge < -0.3 is 5.73 Å². The number of carbonyl (C=O) groups is 1. The van der Waals surface area contributed by atoms with E-state index in [0.717, 1.165) is 5.57 Å². The molecule has 2 heteroatoms. The van der Waals surface area contributed by atoms with Gasteiger partial charge in [-0.05, 0) is 13.3 Å². The van der Waals surface area contributed by atoms with Gasteiger partial charge >= 0.3 is 0 Å². The summed E-state index contributed by atoms with van der Waals surface area (Å²) in [6, 6.07) is 0. The number of hydrogen-bond acceptors (Lipinski definition) is 1. The molecule has 0 heterocycles. The van der Waals surface area contributed by atoms with E-state index in [0.29, 0.717) is 12.8 Å². The van der Waals surface area contributed by atoms with E-state index in [1.54, 1.807) is 6.08 Å². The Balaban J connectivity index is 3.66. The van der Waals surface area contributed by atoms with Crippen molar-refractivity contribution in [2.75, 3.05) is 0 Å². The Bertz CT molecular complexity index is 159. The predicted molar refractivity (Wildman–Crippen MR) is 42.4 cm³/mol. The molecule has 0 aliphatic heterocycles. The summed E-state index contributed by atoms with van der Waals surface area (Å²) in [6.45, 7) is 5.50. The van der Waals surface area contributed by atoms with E-state index in [2.05, 4.69) is 6.58 Å². The highest BCUT2D eigenvalue weighted by Gasteiger charge is 1.94. The highest BCUT2D eigenvalue weighted by molar-refractivity contribution is 5.74. The highest BCUT2D eigenvalue weighted by Crippen LogP contribution is 2.04. The number of nitrogens with two attached hydrogens (primary N) is 1. The molecule has 0 aromatic heterocycles. The Kier molecular flexibility index (Phi) is 4.29. The third-order valence-corrected chi connectivity index (χ3v) is 1.29. The van der Waals surface area contributed by atoms with E-state index in [-0.39, 0.29) is 5.91 Å². The maximum atomic E-state index is 10.3. The molecule has 56 valence electrons. The van der Waals surface area contributed by atoms with Crippen molar-refractivity contribution in [1.29, 1.82) is 0 Å². The molecule has 2 nitrogen and oxygen atoms in total. The summed E-state index contributed by atoms with van der Waals surface area (Å²) < 4.78 is 0. The minimum atomic E-state index is -0.263. The summed E-state index contributed by atoms with van der Waals surface area (Å²) in [5, 5.41) is 0. The van der Waals surface area contributed by atoms with E-state index < -0.39 is 0 Å². The molecule has 0 bridgehead atoms. The molecular weight excluding hydrogens is 126 g/mol. The number of primary amides is 1. The molecule has 0 unspecified atom stereocenters. The van der Waals surface area contributed by atoms with E-state index in [1.807, 2.05) is 13.0 Å². The molecule has 0 fully saturated rings. The van der Waals surface area contributed by atoms with Crippen LogP contribution in [0.3, 0.4) is 0 Å². The largest absolute Gasteiger partial charge is 0.370 e. The first-order valence-corrected chi connectivity index (χ1v) is 3.26. The molecule has 10 heavy (non-hydrogen) atoms. The predicted octanol–water partition coefficient (Wildman–Crippen LogP) is 1.38. The van der Waals surface area contributed by atoms with Gasteiger partial charge in [-0.15, -0.1) is 0 Å². The van der Waals surface area contributed by atoms with Crippen LogP contribution >= 0.6 is 0 Å². The molecule has 0 rings (SSSR count). The van der Waals surface area contributed by atoms with Gasteiger partial charge in [-0.2, -0.15) is 0 Å². The number of rotatable bonds is 4. The van der Waals surface area contributed by atoms with E-state index >= 15 is 0 Å². The van der Waals surface area contributed by atoms with Crippen molar-refractivity contribution >= 4 is 5.91 Å². The van der Waals surface area contributed by atoms with Gasteiger partial charge in [-0.25, -0.2) is 0 Å². The lowest BCUT2D eigenvalue weighted by molar-refractivity contribution is -0.117. The molecule has 0 aliphatic rings. The lowest BCUT2D eigenvalue weighted by Gasteiger charge is -1.96. The Morgan fingerprint density at radius 2 is 2.20 bits per heavy atom. The number of hydrogen-bond donors (Lipinski definition) is 1. The minimum absolute atomic E-state index is 0.263. The van der Waals surface area contributed by atoms with Gasteiger partial charge in [0.05, 0.1) is 0 Å². The normalized spacial score (nSPS) is 11.1. The van der Waals surface area contributed by atoms with Crippen LogP contribution in [0.25, 0.3) is 0 Å². The van der Waals surface area contributed by atoms with Crippen LogP contribution in [0.2, 0.25) is 0 Å². The van der Waals surface area contributed by atoms with E-state index in [4.69, 9.17) is 5.73 Å². The van der Waals surface area contributed by atoms with Gasteiger partial charge in [0.2, 0.25) is 5.91 Å². The molecule has 0 atom stereocenters. The SMILES string of the molecule is C=C/C(=C\C)CCC(N)=O. The Morgan fingerprint density at radius 3 is 2.50 bits per heavy atom. The molecular formula is C8H13NO. The maximum absolute atomic E-state index is 10.3. The smallest absolute Gasteiger partial charge is 0.217 e. The average molecular weight is 139 g/mol. The lowest BCUT2D eigenvalue weighted by Crippen LogP contribution is -2.09. The standard InChI is InChI=1S/C8H13NO/c1-3-7(4-2)5-6-8(9)10/h3-4H,1,5-6H2,2H3,(H2,9,10)/b7-4+. The van der Waals surface area contributed by atoms with E-state index in [1.165, 1.54) is 0 Å². The second-order valence-electron chi connectivity index (χ2n) is 2.03. The third-order valence-electron chi connectivity index (χ3n) is 1.29. The molecule has 0 aromatic rings. The summed E-state index contributed by atoms with van der Waals surface area (Å²) in [6.07, 6.45) is 4.78. The molecule has 2 N–H and O–H groups in total. The molecule has 0 aromatic carbocycles. The zero-order valence-corrected chi connectivity index (χ0v) is 6.26. The monoisotopic (exact) mass is 139 g/mol. The fourth-order valence-electron chi connectivity index (χ4n) is 0.632. The second-order valence-corrected chi connectivity index (χ2v) is 2.03. The lowest BCUT2D eigenvalue weighted by atomic mass is 10.1. The average Bonchev–Trinajstić information content (AvgIpc) is 1.90. The summed E-state index contributed by atoms with van der Waals surface area (Å²) in [7, 11) is 0. The van der Waals surface area contributed by atoms with Crippen molar-refractivity contribution in [3.8, 4) is 0 Å². The van der Waals surface area contributed by atoms with Crippen molar-refractivity contribution in [2.24, 2.45) is 5.73 Å². The van der Waals surface area contributed by atoms with Crippen LogP contribution < -0.4 is 5.73 Å². The zero-order valence-electron chi connectivity index (χ0n) is 6.26. The first kappa shape index (κ1) is 8.95. The molecule has 0 saturated heterocycles. The summed E-state index contributed by atoms with van der Waals surface area (Å²) in [4.78, 5) is 10.3. The van der Waals surface area contributed by atoms with Gasteiger partial charge in [0.15, 0.2) is 0 Å². The Hall–Kier alpha value is -1.05. The van der Waals surface area contributed by atoms with Crippen LogP contribution in [-0.2, 0) is 4.79 Å². The summed E-state index contributed by atoms with van der Waals surface area (Å²) in [5.41, 5.74) is 6.02. The minimum Gasteiger partial charge on any atom is -0.370 e. The molecule has 0 radical (unpaired) electrons. The Labute approximate surface area is 61.4 Å². The fourth-order valence-corrected chi connectivity index (χ4v) is 0.632. The van der Waals surface area contributed by atoms with Crippen molar-refractivity contribution in [1.82, 2.24) is 0 Å². The van der Waals surface area contributed by atoms with Crippen LogP contribution in [0.4, 0.5) is 0 Å². The van der Waals surface area contributed by atoms with Gasteiger partial charge in [0.1, 0.15) is 0 Å². The molecule has 0 spiro atoms. The van der Waals surface area contributed by atoms with E-state index in [9.17, 15) is 4.79 Å². The van der Waals surface area contributed by atoms with Crippen LogP contribution in [-0.4, -0.2) is 5.91 Å². The second kappa shape index (κ2) is 4.79. The van der Waals surface area contributed by atoms with Gasteiger partial charge in [-0.3, -0.25) is 4.79 Å². The zero-order chi connectivity index (χ0) is 7.98. The van der Waals surface area contributed by atoms with Gasteiger partial charge in [0, 0.05) is 6.42 Å². The molecule has 0 aliphatic carbocycles. The van der Waals surface area contributed by atoms with Gasteiger partial charge in [-0.1, -0.05) is 24.3 Å². The summed E-state index contributed by atoms with van der Waals surface area (Å²) in [5.74, 6) is -0.263. The maximum Gasteiger partial charge on any atom is 0.217 e. The van der Waals surface area contributed by atoms with Crippen molar-refractivity contribution in [3.63, 3.8) is 0 Å². The van der Waals surface area contributed by atoms with Crippen molar-refractivity contribution in [3.05, 3.63) is 24.3 Å².